The van der Waals surface area contributed by atoms with Crippen molar-refractivity contribution in [2.45, 2.75) is 25.7 Å². The average molecular weight is 635 g/mol. The highest BCUT2D eigenvalue weighted by Gasteiger charge is 2.38. The summed E-state index contributed by atoms with van der Waals surface area (Å²) in [6.07, 6.45) is -2.56. The minimum absolute atomic E-state index is 0.0366. The number of hydrogen-bond acceptors (Lipinski definition) is 9. The first-order valence-electron chi connectivity index (χ1n) is 13.6. The van der Waals surface area contributed by atoms with Gasteiger partial charge in [0, 0.05) is 19.6 Å². The molecule has 5 aromatic rings. The number of ether oxygens (including phenoxy) is 2. The lowest BCUT2D eigenvalue weighted by molar-refractivity contribution is -0.192. The molecule has 1 saturated heterocycles. The second-order valence-corrected chi connectivity index (χ2v) is 9.78. The number of morpholine rings is 1. The van der Waals surface area contributed by atoms with Gasteiger partial charge in [-0.05, 0) is 36.2 Å². The number of rotatable bonds is 8. The molecule has 0 amide bonds. The van der Waals surface area contributed by atoms with Crippen molar-refractivity contribution >= 4 is 39.9 Å². The Kier molecular flexibility index (Phi) is 9.26. The number of nitrogens with one attached hydrogen (secondary N) is 2. The number of hydrogen-bond donors (Lipinski definition) is 3. The average Bonchev–Trinajstić information content (AvgIpc) is 3.65. The maximum Gasteiger partial charge on any atom is 0.490 e. The van der Waals surface area contributed by atoms with Crippen LogP contribution in [0.15, 0.2) is 42.7 Å². The van der Waals surface area contributed by atoms with Crippen LogP contribution in [0.25, 0.3) is 22.2 Å². The number of alkyl halides is 3. The zero-order chi connectivity index (χ0) is 32.1. The van der Waals surface area contributed by atoms with Gasteiger partial charge in [0.2, 0.25) is 5.95 Å². The van der Waals surface area contributed by atoms with E-state index in [1.165, 1.54) is 6.07 Å². The van der Waals surface area contributed by atoms with Crippen LogP contribution >= 0.6 is 0 Å². The zero-order valence-electron chi connectivity index (χ0n) is 23.7. The second-order valence-electron chi connectivity index (χ2n) is 9.78. The van der Waals surface area contributed by atoms with E-state index in [0.717, 1.165) is 23.8 Å². The molecule has 2 aromatic carbocycles. The number of benzene rings is 2. The molecule has 0 saturated carbocycles. The molecule has 0 atom stereocenters. The number of aromatic nitrogens is 6. The van der Waals surface area contributed by atoms with Crippen LogP contribution in [0, 0.1) is 11.6 Å². The highest BCUT2D eigenvalue weighted by atomic mass is 19.4. The Morgan fingerprint density at radius 1 is 1.11 bits per heavy atom. The predicted molar refractivity (Wildman–Crippen MR) is 152 cm³/mol. The summed E-state index contributed by atoms with van der Waals surface area (Å²) in [4.78, 5) is 32.4. The van der Waals surface area contributed by atoms with Crippen LogP contribution in [0.3, 0.4) is 0 Å². The van der Waals surface area contributed by atoms with E-state index < -0.39 is 23.8 Å². The molecule has 1 fully saturated rings. The number of halogens is 5. The van der Waals surface area contributed by atoms with Crippen LogP contribution in [-0.4, -0.2) is 80.2 Å². The lowest BCUT2D eigenvalue weighted by atomic mass is 10.1. The molecule has 0 unspecified atom stereocenters. The fourth-order valence-corrected chi connectivity index (χ4v) is 4.52. The van der Waals surface area contributed by atoms with Crippen LogP contribution in [0.5, 0.6) is 5.75 Å². The van der Waals surface area contributed by atoms with Gasteiger partial charge in [0.15, 0.2) is 28.6 Å². The molecule has 4 heterocycles. The topological polar surface area (TPSA) is 143 Å². The SMILES string of the molecule is COc1cccc(CCn2cnc3c(NCc4nc5c(F)c(F)ccc5[nH]4)nc(N4CCOCC4)nc32)c1.O=C(O)C(F)(F)F. The third kappa shape index (κ3) is 7.36. The Balaban J connectivity index is 0.000000515. The third-order valence-corrected chi connectivity index (χ3v) is 6.78. The standard InChI is InChI=1S/C26H26F2N8O2.C2HF3O2/c1-37-17-4-2-3-16(13-17)7-8-36-15-30-23-24(33-26(34-25(23)36)35-9-11-38-12-10-35)29-14-20-31-19-6-5-18(27)21(28)22(19)32-20;3-2(4,5)1(6)7/h2-6,13,15H,7-12,14H2,1H3,(H,31,32)(H,29,33,34);(H,6,7). The number of anilines is 2. The number of carboxylic acids is 1. The van der Waals surface area contributed by atoms with E-state index in [1.807, 2.05) is 22.8 Å². The van der Waals surface area contributed by atoms with Crippen molar-refractivity contribution in [1.82, 2.24) is 29.5 Å². The summed E-state index contributed by atoms with van der Waals surface area (Å²) in [7, 11) is 1.65. The molecule has 0 bridgehead atoms. The van der Waals surface area contributed by atoms with Crippen LogP contribution in [-0.2, 0) is 29.0 Å². The first kappa shape index (κ1) is 31.4. The summed E-state index contributed by atoms with van der Waals surface area (Å²) in [5.74, 6) is -2.30. The van der Waals surface area contributed by atoms with Crippen molar-refractivity contribution in [1.29, 1.82) is 0 Å². The van der Waals surface area contributed by atoms with Crippen molar-refractivity contribution in [3.8, 4) is 5.75 Å². The van der Waals surface area contributed by atoms with Gasteiger partial charge in [0.1, 0.15) is 17.1 Å². The highest BCUT2D eigenvalue weighted by molar-refractivity contribution is 5.84. The van der Waals surface area contributed by atoms with E-state index in [1.54, 1.807) is 13.4 Å². The maximum absolute atomic E-state index is 14.1. The first-order valence-corrected chi connectivity index (χ1v) is 13.6. The summed E-state index contributed by atoms with van der Waals surface area (Å²) in [6, 6.07) is 10.5. The van der Waals surface area contributed by atoms with E-state index in [-0.39, 0.29) is 12.1 Å². The second kappa shape index (κ2) is 13.3. The van der Waals surface area contributed by atoms with Crippen LogP contribution in [0.1, 0.15) is 11.4 Å². The van der Waals surface area contributed by atoms with Crippen molar-refractivity contribution in [3.05, 3.63) is 65.7 Å². The summed E-state index contributed by atoms with van der Waals surface area (Å²) >= 11 is 0. The van der Waals surface area contributed by atoms with Crippen LogP contribution in [0.2, 0.25) is 0 Å². The summed E-state index contributed by atoms with van der Waals surface area (Å²) in [5, 5.41) is 10.4. The third-order valence-electron chi connectivity index (χ3n) is 6.78. The fourth-order valence-electron chi connectivity index (χ4n) is 4.52. The first-order chi connectivity index (χ1) is 21.5. The van der Waals surface area contributed by atoms with E-state index in [9.17, 15) is 22.0 Å². The largest absolute Gasteiger partial charge is 0.497 e. The predicted octanol–water partition coefficient (Wildman–Crippen LogP) is 4.31. The molecule has 12 nitrogen and oxygen atoms in total. The van der Waals surface area contributed by atoms with Crippen molar-refractivity contribution < 1.29 is 41.3 Å². The smallest absolute Gasteiger partial charge is 0.490 e. The molecule has 45 heavy (non-hydrogen) atoms. The Bertz CT molecular complexity index is 1800. The number of imidazole rings is 2. The minimum atomic E-state index is -5.08. The van der Waals surface area contributed by atoms with Gasteiger partial charge >= 0.3 is 12.1 Å². The summed E-state index contributed by atoms with van der Waals surface area (Å²) in [5.41, 5.74) is 2.83. The van der Waals surface area contributed by atoms with Gasteiger partial charge in [-0.3, -0.25) is 0 Å². The lowest BCUT2D eigenvalue weighted by Gasteiger charge is -2.27. The summed E-state index contributed by atoms with van der Waals surface area (Å²) < 4.78 is 72.4. The van der Waals surface area contributed by atoms with E-state index in [4.69, 9.17) is 29.3 Å². The van der Waals surface area contributed by atoms with Gasteiger partial charge in [-0.15, -0.1) is 0 Å². The molecule has 0 radical (unpaired) electrons. The van der Waals surface area contributed by atoms with Crippen LogP contribution in [0.4, 0.5) is 33.7 Å². The van der Waals surface area contributed by atoms with E-state index >= 15 is 0 Å². The van der Waals surface area contributed by atoms with Crippen molar-refractivity contribution in [3.63, 3.8) is 0 Å². The quantitative estimate of drug-likeness (QED) is 0.211. The number of H-pyrrole nitrogens is 1. The van der Waals surface area contributed by atoms with Gasteiger partial charge < -0.3 is 34.3 Å². The Morgan fingerprint density at radius 3 is 2.58 bits per heavy atom. The number of methoxy groups -OCH3 is 1. The van der Waals surface area contributed by atoms with Gasteiger partial charge in [-0.2, -0.15) is 23.1 Å². The Hall–Kier alpha value is -5.06. The number of aromatic amines is 1. The number of carboxylic acid groups (broad SMARTS) is 1. The molecule has 0 aliphatic carbocycles. The molecule has 17 heteroatoms. The van der Waals surface area contributed by atoms with Gasteiger partial charge in [-0.1, -0.05) is 12.1 Å². The maximum atomic E-state index is 14.1. The summed E-state index contributed by atoms with van der Waals surface area (Å²) in [6.45, 7) is 3.42. The molecular formula is C28H27F5N8O4. The Labute approximate surface area is 251 Å². The Morgan fingerprint density at radius 2 is 1.87 bits per heavy atom. The number of aryl methyl sites for hydroxylation is 2. The van der Waals surface area contributed by atoms with E-state index in [2.05, 4.69) is 31.2 Å². The molecule has 1 aliphatic heterocycles. The number of carbonyl (C=O) groups is 1. The van der Waals surface area contributed by atoms with Crippen molar-refractivity contribution in [2.75, 3.05) is 43.6 Å². The normalized spacial score (nSPS) is 13.5. The van der Waals surface area contributed by atoms with E-state index in [0.29, 0.717) is 67.1 Å². The monoisotopic (exact) mass is 634 g/mol. The number of aliphatic carboxylic acids is 1. The molecule has 6 rings (SSSR count). The molecular weight excluding hydrogens is 607 g/mol. The van der Waals surface area contributed by atoms with Gasteiger partial charge in [0.05, 0.1) is 38.7 Å². The molecule has 3 N–H and O–H groups in total. The number of fused-ring (bicyclic) bond motifs is 2. The minimum Gasteiger partial charge on any atom is -0.497 e. The van der Waals surface area contributed by atoms with Gasteiger partial charge in [-0.25, -0.2) is 23.5 Å². The molecule has 3 aromatic heterocycles. The van der Waals surface area contributed by atoms with Gasteiger partial charge in [0.25, 0.3) is 0 Å². The zero-order valence-corrected chi connectivity index (χ0v) is 23.7. The fraction of sp³-hybridized carbons (Fsp3) is 0.321. The molecule has 238 valence electrons. The number of nitrogens with zero attached hydrogens (tertiary/aromatic N) is 6. The molecule has 0 spiro atoms. The molecule has 1 aliphatic rings. The lowest BCUT2D eigenvalue weighted by Crippen LogP contribution is -2.37. The highest BCUT2D eigenvalue weighted by Crippen LogP contribution is 2.25. The van der Waals surface area contributed by atoms with Crippen molar-refractivity contribution in [2.24, 2.45) is 0 Å². The van der Waals surface area contributed by atoms with Crippen LogP contribution < -0.4 is 15.0 Å².